The standard InChI is InChI=1S/C17H15FN4O/c18-14-4-2-1-3-12(14)10-22(13-6-7-13)17(23)11-5-8-15-16(9-11)20-21-19-15/h1-5,8-9,13H,6-7,10H2,(H,19,20,21). The van der Waals surface area contributed by atoms with Crippen molar-refractivity contribution in [3.63, 3.8) is 0 Å². The number of H-pyrrole nitrogens is 1. The van der Waals surface area contributed by atoms with Crippen LogP contribution in [0.5, 0.6) is 0 Å². The van der Waals surface area contributed by atoms with Crippen LogP contribution in [0.15, 0.2) is 42.5 Å². The largest absolute Gasteiger partial charge is 0.331 e. The van der Waals surface area contributed by atoms with Gasteiger partial charge in [0.15, 0.2) is 0 Å². The van der Waals surface area contributed by atoms with E-state index >= 15 is 0 Å². The fourth-order valence-electron chi connectivity index (χ4n) is 2.70. The highest BCUT2D eigenvalue weighted by Gasteiger charge is 2.33. The molecular formula is C17H15FN4O. The van der Waals surface area contributed by atoms with Crippen molar-refractivity contribution < 1.29 is 9.18 Å². The van der Waals surface area contributed by atoms with Gasteiger partial charge in [0, 0.05) is 23.7 Å². The summed E-state index contributed by atoms with van der Waals surface area (Å²) in [5.41, 5.74) is 2.45. The van der Waals surface area contributed by atoms with Gasteiger partial charge in [0.05, 0.1) is 0 Å². The fraction of sp³-hybridized carbons (Fsp3) is 0.235. The maximum Gasteiger partial charge on any atom is 0.254 e. The zero-order chi connectivity index (χ0) is 15.8. The van der Waals surface area contributed by atoms with E-state index in [9.17, 15) is 9.18 Å². The minimum absolute atomic E-state index is 0.0966. The van der Waals surface area contributed by atoms with Crippen molar-refractivity contribution in [3.05, 3.63) is 59.4 Å². The lowest BCUT2D eigenvalue weighted by Gasteiger charge is -2.23. The first kappa shape index (κ1) is 13.9. The van der Waals surface area contributed by atoms with E-state index in [1.54, 1.807) is 41.3 Å². The summed E-state index contributed by atoms with van der Waals surface area (Å²) < 4.78 is 13.9. The molecule has 1 amide bonds. The average Bonchev–Trinajstić information content (AvgIpc) is 3.30. The molecule has 0 radical (unpaired) electrons. The van der Waals surface area contributed by atoms with Crippen LogP contribution in [-0.4, -0.2) is 32.3 Å². The third-order valence-electron chi connectivity index (χ3n) is 4.11. The van der Waals surface area contributed by atoms with E-state index in [2.05, 4.69) is 15.4 Å². The summed E-state index contributed by atoms with van der Waals surface area (Å²) in [5.74, 6) is -0.376. The van der Waals surface area contributed by atoms with E-state index in [0.29, 0.717) is 22.2 Å². The maximum absolute atomic E-state index is 13.9. The van der Waals surface area contributed by atoms with Gasteiger partial charge in [-0.1, -0.05) is 18.2 Å². The summed E-state index contributed by atoms with van der Waals surface area (Å²) in [6.07, 6.45) is 1.93. The third-order valence-corrected chi connectivity index (χ3v) is 4.11. The van der Waals surface area contributed by atoms with Crippen molar-refractivity contribution in [1.29, 1.82) is 0 Å². The second kappa shape index (κ2) is 5.46. The number of halogens is 1. The van der Waals surface area contributed by atoms with Crippen LogP contribution in [0.1, 0.15) is 28.8 Å². The van der Waals surface area contributed by atoms with Crippen molar-refractivity contribution in [2.75, 3.05) is 0 Å². The van der Waals surface area contributed by atoms with Gasteiger partial charge in [0.25, 0.3) is 5.91 Å². The molecule has 6 heteroatoms. The molecule has 2 aromatic carbocycles. The number of fused-ring (bicyclic) bond motifs is 1. The molecule has 5 nitrogen and oxygen atoms in total. The lowest BCUT2D eigenvalue weighted by molar-refractivity contribution is 0.0728. The maximum atomic E-state index is 13.9. The van der Waals surface area contributed by atoms with Gasteiger partial charge >= 0.3 is 0 Å². The molecule has 1 saturated carbocycles. The molecule has 1 fully saturated rings. The Balaban J connectivity index is 1.64. The molecule has 116 valence electrons. The minimum Gasteiger partial charge on any atom is -0.331 e. The van der Waals surface area contributed by atoms with Crippen molar-refractivity contribution in [1.82, 2.24) is 20.3 Å². The molecule has 23 heavy (non-hydrogen) atoms. The molecule has 1 aliphatic rings. The predicted octanol–water partition coefficient (Wildman–Crippen LogP) is 2.90. The SMILES string of the molecule is O=C(c1ccc2n[nH]nc2c1)N(Cc1ccccc1F)C1CC1. The number of aromatic amines is 1. The van der Waals surface area contributed by atoms with Crippen LogP contribution >= 0.6 is 0 Å². The van der Waals surface area contributed by atoms with Gasteiger partial charge in [-0.25, -0.2) is 4.39 Å². The Bertz CT molecular complexity index is 872. The van der Waals surface area contributed by atoms with Crippen LogP contribution in [0.25, 0.3) is 11.0 Å². The predicted molar refractivity (Wildman–Crippen MR) is 83.2 cm³/mol. The first-order valence-electron chi connectivity index (χ1n) is 7.57. The molecule has 4 rings (SSSR count). The van der Waals surface area contributed by atoms with Gasteiger partial charge in [-0.05, 0) is 37.1 Å². The number of hydrogen-bond donors (Lipinski definition) is 1. The van der Waals surface area contributed by atoms with Gasteiger partial charge in [0.2, 0.25) is 0 Å². The first-order chi connectivity index (χ1) is 11.2. The van der Waals surface area contributed by atoms with E-state index in [1.165, 1.54) is 6.07 Å². The smallest absolute Gasteiger partial charge is 0.254 e. The Hall–Kier alpha value is -2.76. The van der Waals surface area contributed by atoms with Crippen molar-refractivity contribution in [3.8, 4) is 0 Å². The number of hydrogen-bond acceptors (Lipinski definition) is 3. The lowest BCUT2D eigenvalue weighted by atomic mass is 10.1. The molecule has 3 aromatic rings. The Morgan fingerprint density at radius 2 is 1.96 bits per heavy atom. The van der Waals surface area contributed by atoms with Gasteiger partial charge in [-0.2, -0.15) is 15.4 Å². The van der Waals surface area contributed by atoms with Gasteiger partial charge < -0.3 is 4.90 Å². The fourth-order valence-corrected chi connectivity index (χ4v) is 2.70. The topological polar surface area (TPSA) is 61.9 Å². The first-order valence-corrected chi connectivity index (χ1v) is 7.57. The lowest BCUT2D eigenvalue weighted by Crippen LogP contribution is -2.32. The number of aromatic nitrogens is 3. The number of carbonyl (C=O) groups is 1. The van der Waals surface area contributed by atoms with E-state index in [0.717, 1.165) is 12.8 Å². The summed E-state index contributed by atoms with van der Waals surface area (Å²) in [5, 5.41) is 10.5. The summed E-state index contributed by atoms with van der Waals surface area (Å²) in [6.45, 7) is 0.285. The van der Waals surface area contributed by atoms with Crippen LogP contribution in [-0.2, 0) is 6.54 Å². The minimum atomic E-state index is -0.280. The quantitative estimate of drug-likeness (QED) is 0.806. The third kappa shape index (κ3) is 2.67. The van der Waals surface area contributed by atoms with Crippen molar-refractivity contribution >= 4 is 16.9 Å². The van der Waals surface area contributed by atoms with Crippen molar-refractivity contribution in [2.24, 2.45) is 0 Å². The number of amides is 1. The molecule has 0 saturated heterocycles. The van der Waals surface area contributed by atoms with Crippen LogP contribution in [0.3, 0.4) is 0 Å². The number of rotatable bonds is 4. The molecule has 0 atom stereocenters. The van der Waals surface area contributed by atoms with E-state index < -0.39 is 0 Å². The molecule has 0 aliphatic heterocycles. The molecule has 1 aliphatic carbocycles. The highest BCUT2D eigenvalue weighted by atomic mass is 19.1. The van der Waals surface area contributed by atoms with Gasteiger partial charge in [-0.3, -0.25) is 4.79 Å². The summed E-state index contributed by atoms with van der Waals surface area (Å²) >= 11 is 0. The zero-order valence-electron chi connectivity index (χ0n) is 12.4. The Morgan fingerprint density at radius 1 is 1.17 bits per heavy atom. The number of carbonyl (C=O) groups excluding carboxylic acids is 1. The monoisotopic (exact) mass is 310 g/mol. The van der Waals surface area contributed by atoms with Gasteiger partial charge in [0.1, 0.15) is 16.9 Å². The van der Waals surface area contributed by atoms with Crippen LogP contribution < -0.4 is 0 Å². The zero-order valence-corrected chi connectivity index (χ0v) is 12.4. The molecule has 0 spiro atoms. The summed E-state index contributed by atoms with van der Waals surface area (Å²) in [6, 6.07) is 12.0. The molecular weight excluding hydrogens is 295 g/mol. The van der Waals surface area contributed by atoms with E-state index in [-0.39, 0.29) is 24.3 Å². The van der Waals surface area contributed by atoms with Crippen molar-refractivity contribution in [2.45, 2.75) is 25.4 Å². The number of nitrogens with one attached hydrogen (secondary N) is 1. The normalized spacial score (nSPS) is 14.1. The Labute approximate surface area is 132 Å². The molecule has 1 N–H and O–H groups in total. The van der Waals surface area contributed by atoms with Crippen LogP contribution in [0, 0.1) is 5.82 Å². The Morgan fingerprint density at radius 3 is 2.74 bits per heavy atom. The number of benzene rings is 2. The second-order valence-electron chi connectivity index (χ2n) is 5.78. The molecule has 1 aromatic heterocycles. The Kier molecular flexibility index (Phi) is 3.29. The highest BCUT2D eigenvalue weighted by Crippen LogP contribution is 2.30. The summed E-state index contributed by atoms with van der Waals surface area (Å²) in [4.78, 5) is 14.6. The van der Waals surface area contributed by atoms with Gasteiger partial charge in [-0.15, -0.1) is 0 Å². The molecule has 0 bridgehead atoms. The summed E-state index contributed by atoms with van der Waals surface area (Å²) in [7, 11) is 0. The number of nitrogens with zero attached hydrogens (tertiary/aromatic N) is 3. The molecule has 1 heterocycles. The van der Waals surface area contributed by atoms with Crippen LogP contribution in [0.4, 0.5) is 4.39 Å². The highest BCUT2D eigenvalue weighted by molar-refractivity contribution is 5.97. The van der Waals surface area contributed by atoms with Crippen LogP contribution in [0.2, 0.25) is 0 Å². The second-order valence-corrected chi connectivity index (χ2v) is 5.78. The van der Waals surface area contributed by atoms with E-state index in [4.69, 9.17) is 0 Å². The molecule has 0 unspecified atom stereocenters. The average molecular weight is 310 g/mol. The van der Waals surface area contributed by atoms with E-state index in [1.807, 2.05) is 0 Å².